The van der Waals surface area contributed by atoms with Crippen LogP contribution in [-0.2, 0) is 6.42 Å². The minimum atomic E-state index is -0.943. The first-order chi connectivity index (χ1) is 16.1. The van der Waals surface area contributed by atoms with Crippen LogP contribution in [0.1, 0.15) is 60.9 Å². The van der Waals surface area contributed by atoms with Crippen molar-refractivity contribution >= 4 is 5.97 Å². The molecular formula is C28H31NO4. The maximum absolute atomic E-state index is 11.1. The molecule has 0 amide bonds. The zero-order valence-corrected chi connectivity index (χ0v) is 19.1. The number of carbonyl (C=O) groups is 1. The van der Waals surface area contributed by atoms with Gasteiger partial charge in [-0.1, -0.05) is 36.6 Å². The minimum Gasteiger partial charge on any atom is -0.496 e. The molecular weight excluding hydrogens is 414 g/mol. The normalized spacial score (nSPS) is 22.2. The van der Waals surface area contributed by atoms with E-state index in [4.69, 9.17) is 14.4 Å². The molecule has 0 radical (unpaired) electrons. The van der Waals surface area contributed by atoms with Gasteiger partial charge in [0, 0.05) is 17.2 Å². The van der Waals surface area contributed by atoms with Gasteiger partial charge in [0.1, 0.15) is 11.4 Å². The first-order valence-corrected chi connectivity index (χ1v) is 12.1. The predicted octanol–water partition coefficient (Wildman–Crippen LogP) is 6.86. The minimum absolute atomic E-state index is 0.250. The number of aromatic carboxylic acids is 1. The molecule has 0 saturated heterocycles. The summed E-state index contributed by atoms with van der Waals surface area (Å²) in [5.74, 6) is 3.34. The molecule has 3 aromatic rings. The highest BCUT2D eigenvalue weighted by Gasteiger charge is 2.31. The van der Waals surface area contributed by atoms with Crippen LogP contribution in [0.25, 0.3) is 22.6 Å². The van der Waals surface area contributed by atoms with Crippen LogP contribution >= 0.6 is 0 Å². The van der Waals surface area contributed by atoms with Crippen LogP contribution in [0.2, 0.25) is 0 Å². The number of ether oxygens (including phenoxy) is 1. The molecule has 1 heterocycles. The summed E-state index contributed by atoms with van der Waals surface area (Å²) >= 11 is 0. The fourth-order valence-corrected chi connectivity index (χ4v) is 5.92. The van der Waals surface area contributed by atoms with E-state index in [1.807, 2.05) is 18.2 Å². The van der Waals surface area contributed by atoms with Gasteiger partial charge in [-0.25, -0.2) is 4.79 Å². The van der Waals surface area contributed by atoms with Gasteiger partial charge in [0.05, 0.1) is 12.7 Å². The molecule has 1 N–H and O–H groups in total. The highest BCUT2D eigenvalue weighted by atomic mass is 16.5. The van der Waals surface area contributed by atoms with Crippen LogP contribution in [0.4, 0.5) is 0 Å². The second-order valence-corrected chi connectivity index (χ2v) is 9.76. The molecule has 5 rings (SSSR count). The Kier molecular flexibility index (Phi) is 6.21. The number of nitrogens with zero attached hydrogens (tertiary/aromatic N) is 1. The summed E-state index contributed by atoms with van der Waals surface area (Å²) in [6, 6.07) is 14.8. The van der Waals surface area contributed by atoms with Crippen molar-refractivity contribution in [2.24, 2.45) is 17.8 Å². The Bertz CT molecular complexity index is 1110. The Labute approximate surface area is 194 Å². The van der Waals surface area contributed by atoms with Crippen molar-refractivity contribution in [3.63, 3.8) is 0 Å². The average Bonchev–Trinajstić information content (AvgIpc) is 3.33. The molecule has 2 unspecified atom stereocenters. The molecule has 2 atom stereocenters. The summed E-state index contributed by atoms with van der Waals surface area (Å²) in [6.45, 7) is 0. The van der Waals surface area contributed by atoms with E-state index in [0.29, 0.717) is 5.76 Å². The molecule has 5 heteroatoms. The Morgan fingerprint density at radius 1 is 1.03 bits per heavy atom. The summed E-state index contributed by atoms with van der Waals surface area (Å²) in [7, 11) is 1.73. The highest BCUT2D eigenvalue weighted by molar-refractivity contribution is 5.88. The number of hydrogen-bond donors (Lipinski definition) is 1. The summed E-state index contributed by atoms with van der Waals surface area (Å²) in [5.41, 5.74) is 4.04. The highest BCUT2D eigenvalue weighted by Crippen LogP contribution is 2.44. The van der Waals surface area contributed by atoms with Gasteiger partial charge in [0.2, 0.25) is 0 Å². The summed E-state index contributed by atoms with van der Waals surface area (Å²) in [4.78, 5) is 11.1. The molecule has 2 saturated carbocycles. The first-order valence-electron chi connectivity index (χ1n) is 12.1. The number of carboxylic acid groups (broad SMARTS) is 1. The standard InChI is InChI=1S/C28H31NO4/c1-32-26-12-11-23(16-24(26)6-5-20-14-18-3-2-4-19(13-18)15-20)25-17-27(33-29-25)21-7-9-22(10-8-21)28(30)31/h7-12,16-20H,2-6,13-15H2,1H3,(H,30,31). The molecule has 1 aromatic heterocycles. The van der Waals surface area contributed by atoms with E-state index in [2.05, 4.69) is 11.2 Å². The third-order valence-corrected chi connectivity index (χ3v) is 7.55. The number of hydrogen-bond acceptors (Lipinski definition) is 4. The van der Waals surface area contributed by atoms with Crippen LogP contribution < -0.4 is 4.74 Å². The van der Waals surface area contributed by atoms with Crippen LogP contribution in [-0.4, -0.2) is 23.3 Å². The van der Waals surface area contributed by atoms with Gasteiger partial charge in [0.25, 0.3) is 0 Å². The Morgan fingerprint density at radius 3 is 2.45 bits per heavy atom. The molecule has 33 heavy (non-hydrogen) atoms. The lowest BCUT2D eigenvalue weighted by atomic mass is 9.67. The third kappa shape index (κ3) is 4.82. The third-order valence-electron chi connectivity index (χ3n) is 7.55. The molecule has 0 aliphatic heterocycles. The first kappa shape index (κ1) is 21.7. The van der Waals surface area contributed by atoms with Gasteiger partial charge in [-0.05, 0) is 85.8 Å². The maximum atomic E-state index is 11.1. The molecule has 172 valence electrons. The van der Waals surface area contributed by atoms with Crippen molar-refractivity contribution in [3.8, 4) is 28.3 Å². The SMILES string of the molecule is COc1ccc(-c2cc(-c3ccc(C(=O)O)cc3)on2)cc1CCC1CC2CCCC(C2)C1. The van der Waals surface area contributed by atoms with E-state index in [1.54, 1.807) is 31.4 Å². The van der Waals surface area contributed by atoms with Crippen molar-refractivity contribution < 1.29 is 19.2 Å². The number of fused-ring (bicyclic) bond motifs is 2. The summed E-state index contributed by atoms with van der Waals surface area (Å²) in [6.07, 6.45) is 10.8. The van der Waals surface area contributed by atoms with Crippen molar-refractivity contribution in [3.05, 3.63) is 59.7 Å². The lowest BCUT2D eigenvalue weighted by Crippen LogP contribution is -2.27. The van der Waals surface area contributed by atoms with Crippen molar-refractivity contribution in [1.82, 2.24) is 5.16 Å². The van der Waals surface area contributed by atoms with E-state index in [9.17, 15) is 4.79 Å². The zero-order chi connectivity index (χ0) is 22.8. The second-order valence-electron chi connectivity index (χ2n) is 9.76. The van der Waals surface area contributed by atoms with Crippen LogP contribution in [0, 0.1) is 17.8 Å². The van der Waals surface area contributed by atoms with Crippen molar-refractivity contribution in [2.45, 2.75) is 51.4 Å². The van der Waals surface area contributed by atoms with Gasteiger partial charge < -0.3 is 14.4 Å². The molecule has 2 fully saturated rings. The van der Waals surface area contributed by atoms with E-state index in [1.165, 1.54) is 50.5 Å². The number of rotatable bonds is 7. The van der Waals surface area contributed by atoms with Gasteiger partial charge >= 0.3 is 5.97 Å². The number of methoxy groups -OCH3 is 1. The Hall–Kier alpha value is -3.08. The van der Waals surface area contributed by atoms with Crippen LogP contribution in [0.3, 0.4) is 0 Å². The summed E-state index contributed by atoms with van der Waals surface area (Å²) in [5, 5.41) is 13.4. The van der Waals surface area contributed by atoms with E-state index in [0.717, 1.165) is 46.7 Å². The topological polar surface area (TPSA) is 72.6 Å². The molecule has 2 bridgehead atoms. The van der Waals surface area contributed by atoms with Gasteiger partial charge in [-0.3, -0.25) is 0 Å². The average molecular weight is 446 g/mol. The number of carboxylic acids is 1. The monoisotopic (exact) mass is 445 g/mol. The molecule has 0 spiro atoms. The molecule has 2 aromatic carbocycles. The number of benzene rings is 2. The number of aromatic nitrogens is 1. The predicted molar refractivity (Wildman–Crippen MR) is 127 cm³/mol. The van der Waals surface area contributed by atoms with Crippen LogP contribution in [0.5, 0.6) is 5.75 Å². The van der Waals surface area contributed by atoms with Crippen molar-refractivity contribution in [2.75, 3.05) is 7.11 Å². The molecule has 2 aliphatic rings. The maximum Gasteiger partial charge on any atom is 0.335 e. The van der Waals surface area contributed by atoms with Crippen LogP contribution in [0.15, 0.2) is 53.1 Å². The van der Waals surface area contributed by atoms with Gasteiger partial charge in [-0.2, -0.15) is 0 Å². The van der Waals surface area contributed by atoms with E-state index in [-0.39, 0.29) is 5.56 Å². The summed E-state index contributed by atoms with van der Waals surface area (Å²) < 4.78 is 11.2. The van der Waals surface area contributed by atoms with Gasteiger partial charge in [-0.15, -0.1) is 0 Å². The lowest BCUT2D eigenvalue weighted by molar-refractivity contribution is 0.0697. The quantitative estimate of drug-likeness (QED) is 0.430. The fourth-order valence-electron chi connectivity index (χ4n) is 5.92. The largest absolute Gasteiger partial charge is 0.496 e. The zero-order valence-electron chi connectivity index (χ0n) is 19.1. The molecule has 5 nitrogen and oxygen atoms in total. The Morgan fingerprint density at radius 2 is 1.76 bits per heavy atom. The van der Waals surface area contributed by atoms with Gasteiger partial charge in [0.15, 0.2) is 5.76 Å². The lowest BCUT2D eigenvalue weighted by Gasteiger charge is -2.39. The molecule has 2 aliphatic carbocycles. The number of aryl methyl sites for hydroxylation is 1. The van der Waals surface area contributed by atoms with E-state index < -0.39 is 5.97 Å². The van der Waals surface area contributed by atoms with E-state index >= 15 is 0 Å². The fraction of sp³-hybridized carbons (Fsp3) is 0.429. The second kappa shape index (κ2) is 9.42. The smallest absolute Gasteiger partial charge is 0.335 e. The Balaban J connectivity index is 1.31. The van der Waals surface area contributed by atoms with Crippen molar-refractivity contribution in [1.29, 1.82) is 0 Å².